The van der Waals surface area contributed by atoms with Crippen LogP contribution in [0.5, 0.6) is 0 Å². The fraction of sp³-hybridized carbons (Fsp3) is 0.400. The summed E-state index contributed by atoms with van der Waals surface area (Å²) >= 11 is 0. The predicted molar refractivity (Wildman–Crippen MR) is 67.0 cm³/mol. The lowest BCUT2D eigenvalue weighted by Crippen LogP contribution is -2.28. The molecule has 2 aromatic rings. The number of rotatable bonds is 1. The van der Waals surface area contributed by atoms with E-state index < -0.39 is 0 Å². The third-order valence-electron chi connectivity index (χ3n) is 3.68. The number of aromatic nitrogens is 1. The summed E-state index contributed by atoms with van der Waals surface area (Å²) in [5.41, 5.74) is 2.94. The highest BCUT2D eigenvalue weighted by molar-refractivity contribution is 5.42. The molecule has 0 N–H and O–H groups in total. The standard InChI is InChI=1S/C15H17NO/c1-15(2,3)14-11-6-4-10(5-7-11)13(14)12-8-16-9-17-12/h4-9,13-14H,1-3H3. The van der Waals surface area contributed by atoms with Gasteiger partial charge in [0.25, 0.3) is 0 Å². The molecule has 0 saturated heterocycles. The number of hydrogen-bond donors (Lipinski definition) is 0. The Morgan fingerprint density at radius 1 is 1.06 bits per heavy atom. The maximum absolute atomic E-state index is 5.54. The first-order valence-corrected chi connectivity index (χ1v) is 6.05. The zero-order valence-corrected chi connectivity index (χ0v) is 10.5. The second kappa shape index (κ2) is 3.46. The van der Waals surface area contributed by atoms with Crippen molar-refractivity contribution in [3.05, 3.63) is 53.7 Å². The maximum atomic E-state index is 5.54. The van der Waals surface area contributed by atoms with Crippen LogP contribution in [0.15, 0.2) is 41.3 Å². The van der Waals surface area contributed by atoms with Crippen molar-refractivity contribution in [2.24, 2.45) is 5.41 Å². The number of fused-ring (bicyclic) bond motifs is 3. The predicted octanol–water partition coefficient (Wildman–Crippen LogP) is 3.95. The minimum absolute atomic E-state index is 0.216. The van der Waals surface area contributed by atoms with Gasteiger partial charge < -0.3 is 4.42 Å². The molecular weight excluding hydrogens is 210 g/mol. The third-order valence-corrected chi connectivity index (χ3v) is 3.68. The monoisotopic (exact) mass is 227 g/mol. The van der Waals surface area contributed by atoms with Crippen molar-refractivity contribution in [1.82, 2.24) is 4.98 Å². The fourth-order valence-corrected chi connectivity index (χ4v) is 3.00. The minimum atomic E-state index is 0.216. The number of hydrogen-bond acceptors (Lipinski definition) is 2. The smallest absolute Gasteiger partial charge is 0.180 e. The van der Waals surface area contributed by atoms with Crippen molar-refractivity contribution in [1.29, 1.82) is 0 Å². The molecule has 4 rings (SSSR count). The normalized spacial score (nSPS) is 23.0. The van der Waals surface area contributed by atoms with Gasteiger partial charge in [0.15, 0.2) is 6.39 Å². The van der Waals surface area contributed by atoms with Gasteiger partial charge in [-0.15, -0.1) is 0 Å². The van der Waals surface area contributed by atoms with Crippen molar-refractivity contribution in [3.63, 3.8) is 0 Å². The van der Waals surface area contributed by atoms with Crippen LogP contribution >= 0.6 is 0 Å². The zero-order valence-electron chi connectivity index (χ0n) is 10.5. The van der Waals surface area contributed by atoms with Crippen molar-refractivity contribution >= 4 is 0 Å². The Balaban J connectivity index is 2.14. The van der Waals surface area contributed by atoms with Crippen LogP contribution in [-0.4, -0.2) is 4.98 Å². The molecular formula is C15H17NO. The number of oxazole rings is 1. The lowest BCUT2D eigenvalue weighted by Gasteiger charge is -2.40. The zero-order chi connectivity index (χ0) is 12.0. The highest BCUT2D eigenvalue weighted by atomic mass is 16.3. The van der Waals surface area contributed by atoms with E-state index in [1.165, 1.54) is 17.5 Å². The molecule has 2 unspecified atom stereocenters. The molecule has 1 aromatic carbocycles. The largest absolute Gasteiger partial charge is 0.448 e. The Morgan fingerprint density at radius 3 is 2.24 bits per heavy atom. The van der Waals surface area contributed by atoms with E-state index in [4.69, 9.17) is 4.42 Å². The Labute approximate surface area is 102 Å². The molecule has 88 valence electrons. The van der Waals surface area contributed by atoms with Crippen LogP contribution < -0.4 is 0 Å². The molecule has 2 nitrogen and oxygen atoms in total. The van der Waals surface area contributed by atoms with Gasteiger partial charge in [-0.25, -0.2) is 4.98 Å². The molecule has 1 aromatic heterocycles. The van der Waals surface area contributed by atoms with Gasteiger partial charge >= 0.3 is 0 Å². The van der Waals surface area contributed by atoms with Crippen LogP contribution in [0, 0.1) is 5.41 Å². The van der Waals surface area contributed by atoms with Gasteiger partial charge in [-0.1, -0.05) is 45.0 Å². The maximum Gasteiger partial charge on any atom is 0.180 e. The van der Waals surface area contributed by atoms with Crippen LogP contribution in [0.25, 0.3) is 0 Å². The molecule has 2 heteroatoms. The molecule has 0 amide bonds. The van der Waals surface area contributed by atoms with E-state index in [0.29, 0.717) is 11.8 Å². The van der Waals surface area contributed by atoms with Crippen molar-refractivity contribution in [2.45, 2.75) is 32.6 Å². The first kappa shape index (κ1) is 10.6. The SMILES string of the molecule is CC(C)(C)C1c2ccc(cc2)C1c1cnco1. The molecule has 0 saturated carbocycles. The molecule has 0 fully saturated rings. The second-order valence-corrected chi connectivity index (χ2v) is 5.89. The molecule has 0 radical (unpaired) electrons. The summed E-state index contributed by atoms with van der Waals surface area (Å²) in [6.07, 6.45) is 3.37. The summed E-state index contributed by atoms with van der Waals surface area (Å²) in [5.74, 6) is 1.77. The third kappa shape index (κ3) is 1.59. The molecule has 2 atom stereocenters. The van der Waals surface area contributed by atoms with Gasteiger partial charge in [0.2, 0.25) is 0 Å². The number of nitrogens with zero attached hydrogens (tertiary/aromatic N) is 1. The first-order valence-electron chi connectivity index (χ1n) is 6.05. The summed E-state index contributed by atoms with van der Waals surface area (Å²) in [7, 11) is 0. The van der Waals surface area contributed by atoms with E-state index >= 15 is 0 Å². The van der Waals surface area contributed by atoms with Crippen LogP contribution in [0.1, 0.15) is 49.5 Å². The average molecular weight is 227 g/mol. The summed E-state index contributed by atoms with van der Waals surface area (Å²) in [4.78, 5) is 4.06. The average Bonchev–Trinajstić information content (AvgIpc) is 2.81. The van der Waals surface area contributed by atoms with Crippen LogP contribution in [-0.2, 0) is 0 Å². The molecule has 1 heterocycles. The Kier molecular flexibility index (Phi) is 2.15. The quantitative estimate of drug-likeness (QED) is 0.737. The molecule has 2 aliphatic carbocycles. The Bertz CT molecular complexity index is 505. The van der Waals surface area contributed by atoms with Gasteiger partial charge in [-0.05, 0) is 16.5 Å². The lowest BCUT2D eigenvalue weighted by molar-refractivity contribution is 0.272. The second-order valence-electron chi connectivity index (χ2n) is 5.89. The van der Waals surface area contributed by atoms with E-state index in [9.17, 15) is 0 Å². The molecule has 17 heavy (non-hydrogen) atoms. The minimum Gasteiger partial charge on any atom is -0.448 e. The van der Waals surface area contributed by atoms with Gasteiger partial charge in [0.1, 0.15) is 5.76 Å². The molecule has 0 spiro atoms. The van der Waals surface area contributed by atoms with E-state index in [2.05, 4.69) is 50.0 Å². The Hall–Kier alpha value is -1.57. The van der Waals surface area contributed by atoms with E-state index in [1.807, 2.05) is 6.20 Å². The van der Waals surface area contributed by atoms with Crippen LogP contribution in [0.2, 0.25) is 0 Å². The van der Waals surface area contributed by atoms with E-state index in [0.717, 1.165) is 5.76 Å². The van der Waals surface area contributed by atoms with E-state index in [-0.39, 0.29) is 5.41 Å². The highest BCUT2D eigenvalue weighted by Crippen LogP contribution is 2.51. The van der Waals surface area contributed by atoms with Crippen molar-refractivity contribution in [2.75, 3.05) is 0 Å². The fourth-order valence-electron chi connectivity index (χ4n) is 3.00. The molecule has 2 bridgehead atoms. The number of benzene rings is 1. The van der Waals surface area contributed by atoms with Gasteiger partial charge in [0.05, 0.1) is 12.1 Å². The topological polar surface area (TPSA) is 26.0 Å². The lowest BCUT2D eigenvalue weighted by atomic mass is 9.64. The van der Waals surface area contributed by atoms with Crippen LogP contribution in [0.3, 0.4) is 0 Å². The van der Waals surface area contributed by atoms with Gasteiger partial charge in [0, 0.05) is 5.92 Å². The van der Waals surface area contributed by atoms with E-state index in [1.54, 1.807) is 0 Å². The highest BCUT2D eigenvalue weighted by Gasteiger charge is 2.39. The summed E-state index contributed by atoms with van der Waals surface area (Å²) < 4.78 is 5.54. The molecule has 2 aliphatic rings. The van der Waals surface area contributed by atoms with Crippen molar-refractivity contribution in [3.8, 4) is 0 Å². The Morgan fingerprint density at radius 2 is 1.71 bits per heavy atom. The van der Waals surface area contributed by atoms with Crippen LogP contribution in [0.4, 0.5) is 0 Å². The summed E-state index contributed by atoms with van der Waals surface area (Å²) in [6.45, 7) is 6.87. The molecule has 0 aliphatic heterocycles. The summed E-state index contributed by atoms with van der Waals surface area (Å²) in [5, 5.41) is 0. The first-order chi connectivity index (χ1) is 8.07. The van der Waals surface area contributed by atoms with Crippen molar-refractivity contribution < 1.29 is 4.42 Å². The van der Waals surface area contributed by atoms with Gasteiger partial charge in [-0.3, -0.25) is 0 Å². The van der Waals surface area contributed by atoms with Gasteiger partial charge in [-0.2, -0.15) is 0 Å². The summed E-state index contributed by atoms with van der Waals surface area (Å²) in [6, 6.07) is 8.87.